The van der Waals surface area contributed by atoms with Gasteiger partial charge in [-0.1, -0.05) is 6.07 Å². The second kappa shape index (κ2) is 3.53. The predicted octanol–water partition coefficient (Wildman–Crippen LogP) is 0.229. The normalized spacial score (nSPS) is 10.2. The van der Waals surface area contributed by atoms with Crippen LogP contribution >= 0.6 is 0 Å². The summed E-state index contributed by atoms with van der Waals surface area (Å²) in [6.45, 7) is 1.83. The molecule has 0 fully saturated rings. The summed E-state index contributed by atoms with van der Waals surface area (Å²) in [4.78, 5) is 28.6. The average Bonchev–Trinajstić information content (AvgIpc) is 2.17. The molecule has 76 valence electrons. The number of aromatic amines is 1. The van der Waals surface area contributed by atoms with E-state index >= 15 is 0 Å². The third-order valence-electron chi connectivity index (χ3n) is 1.94. The highest BCUT2D eigenvalue weighted by atomic mass is 16.2. The molecule has 0 aliphatic carbocycles. The van der Waals surface area contributed by atoms with E-state index < -0.39 is 11.2 Å². The summed E-state index contributed by atoms with van der Waals surface area (Å²) in [6.07, 6.45) is 1.41. The lowest BCUT2D eigenvalue weighted by Gasteiger charge is -2.03. The maximum atomic E-state index is 11.4. The molecule has 0 aromatic carbocycles. The largest absolute Gasteiger partial charge is 0.334 e. The Morgan fingerprint density at radius 1 is 1.27 bits per heavy atom. The van der Waals surface area contributed by atoms with Crippen molar-refractivity contribution < 1.29 is 0 Å². The number of hydrogen-bond acceptors (Lipinski definition) is 3. The van der Waals surface area contributed by atoms with Crippen LogP contribution in [-0.2, 0) is 0 Å². The molecule has 5 nitrogen and oxygen atoms in total. The molecule has 0 amide bonds. The number of pyridine rings is 1. The van der Waals surface area contributed by atoms with E-state index in [4.69, 9.17) is 0 Å². The molecule has 0 saturated carbocycles. The minimum absolute atomic E-state index is 0.413. The van der Waals surface area contributed by atoms with Crippen LogP contribution in [0.2, 0.25) is 0 Å². The van der Waals surface area contributed by atoms with E-state index in [0.29, 0.717) is 5.82 Å². The molecule has 0 unspecified atom stereocenters. The number of aryl methyl sites for hydroxylation is 1. The van der Waals surface area contributed by atoms with Gasteiger partial charge in [0.15, 0.2) is 0 Å². The molecule has 0 radical (unpaired) electrons. The van der Waals surface area contributed by atoms with E-state index in [2.05, 4.69) is 9.97 Å². The molecular weight excluding hydrogens is 194 g/mol. The van der Waals surface area contributed by atoms with Gasteiger partial charge >= 0.3 is 5.69 Å². The first-order valence-electron chi connectivity index (χ1n) is 4.43. The first-order chi connectivity index (χ1) is 7.16. The van der Waals surface area contributed by atoms with Gasteiger partial charge in [0.2, 0.25) is 0 Å². The van der Waals surface area contributed by atoms with Gasteiger partial charge in [0.05, 0.1) is 0 Å². The summed E-state index contributed by atoms with van der Waals surface area (Å²) in [6, 6.07) is 6.62. The molecule has 0 saturated heterocycles. The molecule has 2 rings (SSSR count). The van der Waals surface area contributed by atoms with Gasteiger partial charge in [-0.3, -0.25) is 14.3 Å². The van der Waals surface area contributed by atoms with Gasteiger partial charge in [-0.25, -0.2) is 9.78 Å². The third kappa shape index (κ3) is 1.85. The number of nitrogens with one attached hydrogen (secondary N) is 1. The summed E-state index contributed by atoms with van der Waals surface area (Å²) < 4.78 is 1.29. The fourth-order valence-corrected chi connectivity index (χ4v) is 1.26. The Morgan fingerprint density at radius 3 is 2.73 bits per heavy atom. The Kier molecular flexibility index (Phi) is 2.21. The van der Waals surface area contributed by atoms with Crippen LogP contribution < -0.4 is 11.2 Å². The van der Waals surface area contributed by atoms with Crippen molar-refractivity contribution in [1.82, 2.24) is 14.5 Å². The molecule has 0 bridgehead atoms. The van der Waals surface area contributed by atoms with Crippen LogP contribution in [0.3, 0.4) is 0 Å². The van der Waals surface area contributed by atoms with Crippen molar-refractivity contribution in [2.45, 2.75) is 6.92 Å². The van der Waals surface area contributed by atoms with E-state index in [-0.39, 0.29) is 0 Å². The Morgan fingerprint density at radius 2 is 2.07 bits per heavy atom. The Balaban J connectivity index is 2.64. The molecular formula is C10H9N3O2. The van der Waals surface area contributed by atoms with Crippen LogP contribution in [0.15, 0.2) is 40.1 Å². The number of hydrogen-bond donors (Lipinski definition) is 1. The van der Waals surface area contributed by atoms with Crippen LogP contribution in [0, 0.1) is 6.92 Å². The van der Waals surface area contributed by atoms with Crippen LogP contribution in [0.4, 0.5) is 0 Å². The van der Waals surface area contributed by atoms with Crippen molar-refractivity contribution in [3.05, 3.63) is 57.0 Å². The topological polar surface area (TPSA) is 67.8 Å². The summed E-state index contributed by atoms with van der Waals surface area (Å²) >= 11 is 0. The van der Waals surface area contributed by atoms with Crippen molar-refractivity contribution in [3.8, 4) is 5.82 Å². The first-order valence-corrected chi connectivity index (χ1v) is 4.43. The highest BCUT2D eigenvalue weighted by Crippen LogP contribution is 2.00. The number of aromatic nitrogens is 3. The molecule has 2 aromatic rings. The van der Waals surface area contributed by atoms with Crippen LogP contribution in [0.1, 0.15) is 5.69 Å². The molecule has 5 heteroatoms. The third-order valence-corrected chi connectivity index (χ3v) is 1.94. The van der Waals surface area contributed by atoms with Crippen molar-refractivity contribution in [2.24, 2.45) is 0 Å². The Bertz CT molecular complexity index is 598. The minimum Gasteiger partial charge on any atom is -0.274 e. The first kappa shape index (κ1) is 9.39. The number of H-pyrrole nitrogens is 1. The van der Waals surface area contributed by atoms with E-state index in [1.165, 1.54) is 16.8 Å². The zero-order chi connectivity index (χ0) is 10.8. The average molecular weight is 203 g/mol. The molecule has 0 atom stereocenters. The van der Waals surface area contributed by atoms with Crippen molar-refractivity contribution in [3.63, 3.8) is 0 Å². The fourth-order valence-electron chi connectivity index (χ4n) is 1.26. The van der Waals surface area contributed by atoms with Gasteiger partial charge in [0, 0.05) is 18.0 Å². The second-order valence-corrected chi connectivity index (χ2v) is 3.12. The van der Waals surface area contributed by atoms with Gasteiger partial charge in [-0.15, -0.1) is 0 Å². The van der Waals surface area contributed by atoms with E-state index in [1.54, 1.807) is 12.1 Å². The summed E-state index contributed by atoms with van der Waals surface area (Å²) in [5.41, 5.74) is -0.0879. The number of rotatable bonds is 1. The zero-order valence-corrected chi connectivity index (χ0v) is 8.10. The smallest absolute Gasteiger partial charge is 0.274 e. The molecule has 2 heterocycles. The van der Waals surface area contributed by atoms with Crippen LogP contribution in [0.5, 0.6) is 0 Å². The van der Waals surface area contributed by atoms with Crippen molar-refractivity contribution >= 4 is 0 Å². The lowest BCUT2D eigenvalue weighted by atomic mass is 10.4. The molecule has 0 aliphatic heterocycles. The minimum atomic E-state index is -0.486. The summed E-state index contributed by atoms with van der Waals surface area (Å²) in [7, 11) is 0. The molecule has 0 aliphatic rings. The monoisotopic (exact) mass is 203 g/mol. The van der Waals surface area contributed by atoms with Crippen molar-refractivity contribution in [1.29, 1.82) is 0 Å². The van der Waals surface area contributed by atoms with Gasteiger partial charge in [-0.05, 0) is 19.1 Å². The Hall–Kier alpha value is -2.17. The zero-order valence-electron chi connectivity index (χ0n) is 8.10. The summed E-state index contributed by atoms with van der Waals surface area (Å²) in [5.74, 6) is 0.497. The van der Waals surface area contributed by atoms with E-state index in [9.17, 15) is 9.59 Å². The van der Waals surface area contributed by atoms with Gasteiger partial charge in [0.1, 0.15) is 5.82 Å². The van der Waals surface area contributed by atoms with Gasteiger partial charge < -0.3 is 0 Å². The fraction of sp³-hybridized carbons (Fsp3) is 0.100. The van der Waals surface area contributed by atoms with Crippen LogP contribution in [-0.4, -0.2) is 14.5 Å². The predicted molar refractivity (Wildman–Crippen MR) is 55.2 cm³/mol. The molecule has 1 N–H and O–H groups in total. The maximum Gasteiger partial charge on any atom is 0.334 e. The van der Waals surface area contributed by atoms with Crippen LogP contribution in [0.25, 0.3) is 5.82 Å². The van der Waals surface area contributed by atoms with Gasteiger partial charge in [-0.2, -0.15) is 0 Å². The van der Waals surface area contributed by atoms with Gasteiger partial charge in [0.25, 0.3) is 5.56 Å². The highest BCUT2D eigenvalue weighted by molar-refractivity contribution is 5.23. The van der Waals surface area contributed by atoms with E-state index in [1.807, 2.05) is 13.0 Å². The highest BCUT2D eigenvalue weighted by Gasteiger charge is 2.00. The van der Waals surface area contributed by atoms with E-state index in [0.717, 1.165) is 5.69 Å². The second-order valence-electron chi connectivity index (χ2n) is 3.12. The SMILES string of the molecule is Cc1cccc(-n2ccc(=O)[nH]c2=O)n1. The maximum absolute atomic E-state index is 11.4. The molecule has 15 heavy (non-hydrogen) atoms. The molecule has 0 spiro atoms. The molecule has 2 aromatic heterocycles. The van der Waals surface area contributed by atoms with Crippen molar-refractivity contribution in [2.75, 3.05) is 0 Å². The number of nitrogens with zero attached hydrogens (tertiary/aromatic N) is 2. The standard InChI is InChI=1S/C10H9N3O2/c1-7-3-2-4-8(11-7)13-6-5-9(14)12-10(13)15/h2-6H,1H3,(H,12,14,15). The Labute approximate surface area is 85.0 Å². The lowest BCUT2D eigenvalue weighted by molar-refractivity contribution is 0.861. The lowest BCUT2D eigenvalue weighted by Crippen LogP contribution is -2.27. The summed E-state index contributed by atoms with van der Waals surface area (Å²) in [5, 5.41) is 0. The quantitative estimate of drug-likeness (QED) is 0.721.